The minimum Gasteiger partial charge on any atom is -0.329 e. The van der Waals surface area contributed by atoms with E-state index < -0.39 is 15.3 Å². The van der Waals surface area contributed by atoms with Gasteiger partial charge in [-0.1, -0.05) is 6.92 Å². The van der Waals surface area contributed by atoms with Crippen molar-refractivity contribution < 1.29 is 8.42 Å². The molecule has 1 atom stereocenters. The summed E-state index contributed by atoms with van der Waals surface area (Å²) in [6, 6.07) is 0. The van der Waals surface area contributed by atoms with Crippen molar-refractivity contribution in [2.75, 3.05) is 13.1 Å². The molecule has 0 aromatic rings. The number of nitrogens with one attached hydrogen (secondary N) is 1. The molecular weight excluding hydrogens is 188 g/mol. The van der Waals surface area contributed by atoms with Crippen molar-refractivity contribution in [1.82, 2.24) is 4.72 Å². The zero-order valence-corrected chi connectivity index (χ0v) is 8.81. The number of hydrogen-bond donors (Lipinski definition) is 2. The highest BCUT2D eigenvalue weighted by Gasteiger charge is 2.26. The fourth-order valence-electron chi connectivity index (χ4n) is 1.19. The molecule has 1 rings (SSSR count). The highest BCUT2D eigenvalue weighted by Crippen LogP contribution is 2.27. The molecule has 1 fully saturated rings. The smallest absolute Gasteiger partial charge is 0.215 e. The van der Waals surface area contributed by atoms with Crippen LogP contribution in [0.25, 0.3) is 0 Å². The summed E-state index contributed by atoms with van der Waals surface area (Å²) in [5.74, 6) is 0.574. The van der Waals surface area contributed by atoms with Crippen LogP contribution in [0.2, 0.25) is 0 Å². The van der Waals surface area contributed by atoms with Crippen molar-refractivity contribution in [1.29, 1.82) is 0 Å². The standard InChI is InChI=1S/C8H18N2O2S/c1-2-8(5-9)13(11,12)10-6-7-3-4-7/h7-8,10H,2-6,9H2,1H3. The Kier molecular flexibility index (Phi) is 3.70. The van der Waals surface area contributed by atoms with E-state index in [1.54, 1.807) is 0 Å². The molecule has 0 radical (unpaired) electrons. The molecular formula is C8H18N2O2S. The van der Waals surface area contributed by atoms with Gasteiger partial charge in [0.25, 0.3) is 0 Å². The van der Waals surface area contributed by atoms with Gasteiger partial charge in [-0.05, 0) is 25.2 Å². The summed E-state index contributed by atoms with van der Waals surface area (Å²) in [7, 11) is -3.15. The Bertz CT molecular complexity index is 243. The molecule has 0 aromatic heterocycles. The number of hydrogen-bond acceptors (Lipinski definition) is 3. The van der Waals surface area contributed by atoms with Crippen molar-refractivity contribution in [3.8, 4) is 0 Å². The highest BCUT2D eigenvalue weighted by atomic mass is 32.2. The van der Waals surface area contributed by atoms with Crippen LogP contribution >= 0.6 is 0 Å². The second-order valence-electron chi connectivity index (χ2n) is 3.60. The third-order valence-electron chi connectivity index (χ3n) is 2.43. The minimum atomic E-state index is -3.15. The molecule has 3 N–H and O–H groups in total. The van der Waals surface area contributed by atoms with E-state index in [4.69, 9.17) is 5.73 Å². The number of nitrogens with two attached hydrogens (primary N) is 1. The van der Waals surface area contributed by atoms with Crippen LogP contribution in [0.3, 0.4) is 0 Å². The summed E-state index contributed by atoms with van der Waals surface area (Å²) in [4.78, 5) is 0. The topological polar surface area (TPSA) is 72.2 Å². The first-order chi connectivity index (χ1) is 6.10. The molecule has 1 saturated carbocycles. The van der Waals surface area contributed by atoms with Crippen LogP contribution in [0.15, 0.2) is 0 Å². The van der Waals surface area contributed by atoms with E-state index in [-0.39, 0.29) is 6.54 Å². The summed E-state index contributed by atoms with van der Waals surface area (Å²) in [6.07, 6.45) is 2.89. The third-order valence-corrected chi connectivity index (χ3v) is 4.40. The molecule has 4 nitrogen and oxygen atoms in total. The minimum absolute atomic E-state index is 0.205. The molecule has 78 valence electrons. The van der Waals surface area contributed by atoms with E-state index in [0.29, 0.717) is 18.9 Å². The third kappa shape index (κ3) is 3.25. The van der Waals surface area contributed by atoms with Crippen molar-refractivity contribution in [2.45, 2.75) is 31.4 Å². The Balaban J connectivity index is 2.41. The van der Waals surface area contributed by atoms with Crippen molar-refractivity contribution >= 4 is 10.0 Å². The lowest BCUT2D eigenvalue weighted by Gasteiger charge is -2.13. The van der Waals surface area contributed by atoms with Gasteiger partial charge in [-0.15, -0.1) is 0 Å². The maximum Gasteiger partial charge on any atom is 0.215 e. The van der Waals surface area contributed by atoms with Crippen LogP contribution < -0.4 is 10.5 Å². The first kappa shape index (κ1) is 10.9. The lowest BCUT2D eigenvalue weighted by Crippen LogP contribution is -2.39. The molecule has 5 heteroatoms. The Morgan fingerprint density at radius 3 is 2.54 bits per heavy atom. The van der Waals surface area contributed by atoms with E-state index in [1.165, 1.54) is 0 Å². The van der Waals surface area contributed by atoms with Crippen LogP contribution in [0.5, 0.6) is 0 Å². The summed E-state index contributed by atoms with van der Waals surface area (Å²) in [5, 5.41) is -0.425. The zero-order valence-electron chi connectivity index (χ0n) is 7.99. The van der Waals surface area contributed by atoms with E-state index in [0.717, 1.165) is 12.8 Å². The number of rotatable bonds is 6. The van der Waals surface area contributed by atoms with Crippen molar-refractivity contribution in [3.63, 3.8) is 0 Å². The van der Waals surface area contributed by atoms with E-state index in [2.05, 4.69) is 4.72 Å². The summed E-state index contributed by atoms with van der Waals surface area (Å²) in [6.45, 7) is 2.64. The van der Waals surface area contributed by atoms with Gasteiger partial charge in [0.1, 0.15) is 0 Å². The zero-order chi connectivity index (χ0) is 9.90. The fraction of sp³-hybridized carbons (Fsp3) is 1.00. The highest BCUT2D eigenvalue weighted by molar-refractivity contribution is 7.90. The van der Waals surface area contributed by atoms with Crippen molar-refractivity contribution in [3.05, 3.63) is 0 Å². The van der Waals surface area contributed by atoms with Crippen LogP contribution in [0.4, 0.5) is 0 Å². The Morgan fingerprint density at radius 2 is 2.15 bits per heavy atom. The van der Waals surface area contributed by atoms with Crippen LogP contribution in [0.1, 0.15) is 26.2 Å². The number of sulfonamides is 1. The van der Waals surface area contributed by atoms with Crippen LogP contribution in [-0.4, -0.2) is 26.8 Å². The molecule has 1 unspecified atom stereocenters. The van der Waals surface area contributed by atoms with Gasteiger partial charge in [0, 0.05) is 13.1 Å². The van der Waals surface area contributed by atoms with E-state index >= 15 is 0 Å². The average molecular weight is 206 g/mol. The summed E-state index contributed by atoms with van der Waals surface area (Å²) >= 11 is 0. The maximum absolute atomic E-state index is 11.5. The van der Waals surface area contributed by atoms with Gasteiger partial charge in [0.15, 0.2) is 0 Å². The van der Waals surface area contributed by atoms with Gasteiger partial charge in [0.05, 0.1) is 5.25 Å². The van der Waals surface area contributed by atoms with Gasteiger partial charge in [-0.3, -0.25) is 0 Å². The van der Waals surface area contributed by atoms with E-state index in [9.17, 15) is 8.42 Å². The normalized spacial score (nSPS) is 20.2. The Morgan fingerprint density at radius 1 is 1.54 bits per heavy atom. The van der Waals surface area contributed by atoms with Crippen LogP contribution in [-0.2, 0) is 10.0 Å². The predicted octanol–water partition coefficient (Wildman–Crippen LogP) is 0.0531. The molecule has 1 aliphatic rings. The van der Waals surface area contributed by atoms with Gasteiger partial charge < -0.3 is 5.73 Å². The second-order valence-corrected chi connectivity index (χ2v) is 5.65. The molecule has 0 aliphatic heterocycles. The Labute approximate surface area is 79.9 Å². The Hall–Kier alpha value is -0.130. The summed E-state index contributed by atoms with van der Waals surface area (Å²) in [5.41, 5.74) is 5.37. The van der Waals surface area contributed by atoms with Gasteiger partial charge in [-0.25, -0.2) is 13.1 Å². The lowest BCUT2D eigenvalue weighted by molar-refractivity contribution is 0.557. The van der Waals surface area contributed by atoms with E-state index in [1.807, 2.05) is 6.92 Å². The average Bonchev–Trinajstić information content (AvgIpc) is 2.85. The molecule has 0 amide bonds. The van der Waals surface area contributed by atoms with Crippen LogP contribution in [0, 0.1) is 5.92 Å². The first-order valence-electron chi connectivity index (χ1n) is 4.78. The van der Waals surface area contributed by atoms with Gasteiger partial charge in [-0.2, -0.15) is 0 Å². The maximum atomic E-state index is 11.5. The van der Waals surface area contributed by atoms with Crippen molar-refractivity contribution in [2.24, 2.45) is 11.7 Å². The quantitative estimate of drug-likeness (QED) is 0.645. The molecule has 0 bridgehead atoms. The van der Waals surface area contributed by atoms with Gasteiger partial charge in [0.2, 0.25) is 10.0 Å². The molecule has 0 aromatic carbocycles. The second kappa shape index (κ2) is 4.39. The lowest BCUT2D eigenvalue weighted by atomic mass is 10.3. The molecule has 0 saturated heterocycles. The molecule has 0 heterocycles. The molecule has 1 aliphatic carbocycles. The SMILES string of the molecule is CCC(CN)S(=O)(=O)NCC1CC1. The largest absolute Gasteiger partial charge is 0.329 e. The molecule has 13 heavy (non-hydrogen) atoms. The fourth-order valence-corrected chi connectivity index (χ4v) is 2.58. The predicted molar refractivity (Wildman–Crippen MR) is 52.8 cm³/mol. The summed E-state index contributed by atoms with van der Waals surface area (Å²) < 4.78 is 25.7. The van der Waals surface area contributed by atoms with Gasteiger partial charge >= 0.3 is 0 Å². The monoisotopic (exact) mass is 206 g/mol. The first-order valence-corrected chi connectivity index (χ1v) is 6.33. The molecule has 0 spiro atoms.